The number of rotatable bonds is 3. The van der Waals surface area contributed by atoms with Gasteiger partial charge in [0.1, 0.15) is 11.6 Å². The molecule has 2 rings (SSSR count). The van der Waals surface area contributed by atoms with E-state index in [2.05, 4.69) is 11.4 Å². The number of halogens is 2. The van der Waals surface area contributed by atoms with E-state index in [4.69, 9.17) is 0 Å². The molecule has 1 unspecified atom stereocenters. The van der Waals surface area contributed by atoms with Gasteiger partial charge in [-0.2, -0.15) is 0 Å². The standard InChI is InChI=1S/C16H17F2N/c1-10-4-7-16(11(2)8-10)19-12(3)14-9-13(17)5-6-15(14)18/h4-9,12,19H,1-3H3. The van der Waals surface area contributed by atoms with Gasteiger partial charge in [0.15, 0.2) is 0 Å². The molecular weight excluding hydrogens is 244 g/mol. The summed E-state index contributed by atoms with van der Waals surface area (Å²) in [6, 6.07) is 9.22. The van der Waals surface area contributed by atoms with Crippen LogP contribution in [0.1, 0.15) is 29.7 Å². The van der Waals surface area contributed by atoms with Gasteiger partial charge in [0.05, 0.1) is 6.04 Å². The molecule has 19 heavy (non-hydrogen) atoms. The zero-order valence-electron chi connectivity index (χ0n) is 11.3. The highest BCUT2D eigenvalue weighted by Gasteiger charge is 2.12. The summed E-state index contributed by atoms with van der Waals surface area (Å²) in [6.45, 7) is 5.83. The molecule has 100 valence electrons. The summed E-state index contributed by atoms with van der Waals surface area (Å²) in [5.74, 6) is -0.822. The van der Waals surface area contributed by atoms with Gasteiger partial charge in [-0.1, -0.05) is 17.7 Å². The first-order valence-electron chi connectivity index (χ1n) is 6.26. The van der Waals surface area contributed by atoms with Crippen LogP contribution in [-0.4, -0.2) is 0 Å². The molecule has 3 heteroatoms. The maximum Gasteiger partial charge on any atom is 0.128 e. The quantitative estimate of drug-likeness (QED) is 0.840. The first-order chi connectivity index (χ1) is 8.97. The van der Waals surface area contributed by atoms with E-state index < -0.39 is 11.6 Å². The summed E-state index contributed by atoms with van der Waals surface area (Å²) in [4.78, 5) is 0. The fraction of sp³-hybridized carbons (Fsp3) is 0.250. The average molecular weight is 261 g/mol. The normalized spacial score (nSPS) is 12.3. The summed E-state index contributed by atoms with van der Waals surface area (Å²) < 4.78 is 26.9. The lowest BCUT2D eigenvalue weighted by Gasteiger charge is -2.18. The molecule has 0 fully saturated rings. The van der Waals surface area contributed by atoms with Crippen LogP contribution in [0, 0.1) is 25.5 Å². The van der Waals surface area contributed by atoms with Crippen LogP contribution in [0.5, 0.6) is 0 Å². The van der Waals surface area contributed by atoms with E-state index in [1.807, 2.05) is 32.9 Å². The van der Waals surface area contributed by atoms with E-state index >= 15 is 0 Å². The number of hydrogen-bond acceptors (Lipinski definition) is 1. The third-order valence-electron chi connectivity index (χ3n) is 3.18. The van der Waals surface area contributed by atoms with Gasteiger partial charge in [0.2, 0.25) is 0 Å². The predicted molar refractivity (Wildman–Crippen MR) is 74.3 cm³/mol. The van der Waals surface area contributed by atoms with E-state index in [1.165, 1.54) is 11.6 Å². The molecule has 0 aliphatic heterocycles. The topological polar surface area (TPSA) is 12.0 Å². The molecule has 0 bridgehead atoms. The molecule has 0 aliphatic carbocycles. The molecule has 0 saturated heterocycles. The number of nitrogens with one attached hydrogen (secondary N) is 1. The van der Waals surface area contributed by atoms with Crippen molar-refractivity contribution in [1.29, 1.82) is 0 Å². The minimum absolute atomic E-state index is 0.294. The van der Waals surface area contributed by atoms with Gasteiger partial charge in [0.25, 0.3) is 0 Å². The zero-order valence-corrected chi connectivity index (χ0v) is 11.3. The Balaban J connectivity index is 2.25. The number of aryl methyl sites for hydroxylation is 2. The number of anilines is 1. The van der Waals surface area contributed by atoms with Crippen molar-refractivity contribution >= 4 is 5.69 Å². The summed E-state index contributed by atoms with van der Waals surface area (Å²) >= 11 is 0. The fourth-order valence-electron chi connectivity index (χ4n) is 2.13. The van der Waals surface area contributed by atoms with Crippen molar-refractivity contribution in [2.75, 3.05) is 5.32 Å². The Bertz CT molecular complexity index is 593. The van der Waals surface area contributed by atoms with E-state index in [0.717, 1.165) is 23.4 Å². The van der Waals surface area contributed by atoms with Crippen LogP contribution in [0.3, 0.4) is 0 Å². The minimum atomic E-state index is -0.425. The van der Waals surface area contributed by atoms with Crippen LogP contribution in [0.4, 0.5) is 14.5 Å². The van der Waals surface area contributed by atoms with Gasteiger partial charge < -0.3 is 5.32 Å². The summed E-state index contributed by atoms with van der Waals surface area (Å²) in [7, 11) is 0. The maximum atomic E-state index is 13.7. The smallest absolute Gasteiger partial charge is 0.128 e. The Hall–Kier alpha value is -1.90. The minimum Gasteiger partial charge on any atom is -0.378 e. The Morgan fingerprint density at radius 1 is 1.00 bits per heavy atom. The maximum absolute atomic E-state index is 13.7. The van der Waals surface area contributed by atoms with Gasteiger partial charge in [-0.05, 0) is 50.6 Å². The van der Waals surface area contributed by atoms with Crippen LogP contribution in [0.25, 0.3) is 0 Å². The van der Waals surface area contributed by atoms with Crippen LogP contribution in [0.2, 0.25) is 0 Å². The van der Waals surface area contributed by atoms with Crippen LogP contribution >= 0.6 is 0 Å². The Morgan fingerprint density at radius 2 is 1.74 bits per heavy atom. The molecule has 0 heterocycles. The monoisotopic (exact) mass is 261 g/mol. The molecular formula is C16H17F2N. The molecule has 2 aromatic carbocycles. The van der Waals surface area contributed by atoms with Crippen LogP contribution in [0.15, 0.2) is 36.4 Å². The highest BCUT2D eigenvalue weighted by molar-refractivity contribution is 5.53. The third-order valence-corrected chi connectivity index (χ3v) is 3.18. The molecule has 1 nitrogen and oxygen atoms in total. The fourth-order valence-corrected chi connectivity index (χ4v) is 2.13. The van der Waals surface area contributed by atoms with E-state index in [1.54, 1.807) is 0 Å². The SMILES string of the molecule is Cc1ccc(NC(C)c2cc(F)ccc2F)c(C)c1. The highest BCUT2D eigenvalue weighted by atomic mass is 19.1. The second-order valence-corrected chi connectivity index (χ2v) is 4.85. The Labute approximate surface area is 112 Å². The molecule has 0 amide bonds. The molecule has 2 aromatic rings. The lowest BCUT2D eigenvalue weighted by molar-refractivity contribution is 0.577. The number of hydrogen-bond donors (Lipinski definition) is 1. The zero-order chi connectivity index (χ0) is 14.0. The first kappa shape index (κ1) is 13.5. The summed E-state index contributed by atoms with van der Waals surface area (Å²) in [6.07, 6.45) is 0. The van der Waals surface area contributed by atoms with Crippen molar-refractivity contribution in [1.82, 2.24) is 0 Å². The summed E-state index contributed by atoms with van der Waals surface area (Å²) in [5.41, 5.74) is 3.53. The lowest BCUT2D eigenvalue weighted by Crippen LogP contribution is -2.10. The largest absolute Gasteiger partial charge is 0.378 e. The Morgan fingerprint density at radius 3 is 2.42 bits per heavy atom. The molecule has 1 atom stereocenters. The second kappa shape index (κ2) is 5.39. The lowest BCUT2D eigenvalue weighted by atomic mass is 10.1. The van der Waals surface area contributed by atoms with Crippen molar-refractivity contribution in [3.8, 4) is 0 Å². The van der Waals surface area contributed by atoms with Crippen molar-refractivity contribution in [2.24, 2.45) is 0 Å². The first-order valence-corrected chi connectivity index (χ1v) is 6.26. The van der Waals surface area contributed by atoms with Crippen molar-refractivity contribution < 1.29 is 8.78 Å². The second-order valence-electron chi connectivity index (χ2n) is 4.85. The van der Waals surface area contributed by atoms with E-state index in [9.17, 15) is 8.78 Å². The number of benzene rings is 2. The van der Waals surface area contributed by atoms with E-state index in [-0.39, 0.29) is 6.04 Å². The molecule has 0 saturated carbocycles. The van der Waals surface area contributed by atoms with Gasteiger partial charge in [0, 0.05) is 11.3 Å². The molecule has 0 radical (unpaired) electrons. The van der Waals surface area contributed by atoms with Crippen LogP contribution < -0.4 is 5.32 Å². The van der Waals surface area contributed by atoms with Crippen molar-refractivity contribution in [3.05, 3.63) is 64.7 Å². The Kier molecular flexibility index (Phi) is 3.84. The molecule has 0 aliphatic rings. The van der Waals surface area contributed by atoms with Gasteiger partial charge in [-0.25, -0.2) is 8.78 Å². The highest BCUT2D eigenvalue weighted by Crippen LogP contribution is 2.25. The van der Waals surface area contributed by atoms with Gasteiger partial charge in [-0.3, -0.25) is 0 Å². The van der Waals surface area contributed by atoms with E-state index in [0.29, 0.717) is 5.56 Å². The van der Waals surface area contributed by atoms with Crippen LogP contribution in [-0.2, 0) is 0 Å². The predicted octanol–water partition coefficient (Wildman–Crippen LogP) is 4.75. The van der Waals surface area contributed by atoms with Gasteiger partial charge in [-0.15, -0.1) is 0 Å². The average Bonchev–Trinajstić information content (AvgIpc) is 2.35. The third kappa shape index (κ3) is 3.11. The van der Waals surface area contributed by atoms with Crippen molar-refractivity contribution in [2.45, 2.75) is 26.8 Å². The summed E-state index contributed by atoms with van der Waals surface area (Å²) in [5, 5.41) is 3.22. The molecule has 0 aromatic heterocycles. The van der Waals surface area contributed by atoms with Gasteiger partial charge >= 0.3 is 0 Å². The van der Waals surface area contributed by atoms with Crippen molar-refractivity contribution in [3.63, 3.8) is 0 Å². The molecule has 0 spiro atoms. The molecule has 1 N–H and O–H groups in total.